The topological polar surface area (TPSA) is 27.3 Å². The molecule has 1 aliphatic rings. The van der Waals surface area contributed by atoms with Gasteiger partial charge >= 0.3 is 0 Å². The van der Waals surface area contributed by atoms with E-state index < -0.39 is 0 Å². The van der Waals surface area contributed by atoms with Crippen LogP contribution in [-0.4, -0.2) is 23.1 Å². The van der Waals surface area contributed by atoms with Crippen molar-refractivity contribution in [1.82, 2.24) is 4.90 Å². The fraction of sp³-hybridized carbons (Fsp3) is 0.409. The van der Waals surface area contributed by atoms with E-state index in [0.29, 0.717) is 11.0 Å². The van der Waals surface area contributed by atoms with Gasteiger partial charge in [0, 0.05) is 17.9 Å². The smallest absolute Gasteiger partial charge is 0.175 e. The third-order valence-electron chi connectivity index (χ3n) is 4.90. The monoisotopic (exact) mass is 367 g/mol. The van der Waals surface area contributed by atoms with Gasteiger partial charge < -0.3 is 10.6 Å². The number of nitrogens with one attached hydrogen (secondary N) is 2. The van der Waals surface area contributed by atoms with Crippen LogP contribution in [0.5, 0.6) is 0 Å². The summed E-state index contributed by atoms with van der Waals surface area (Å²) >= 11 is 5.44. The number of anilines is 2. The standard InChI is InChI=1S/C22H29N3S/c1-17(2)19-8-12-21(13-9-19)24-22(26)23-20-10-6-18(7-11-20)16-25-14-4-3-5-15-25/h6-13,17H,3-5,14-16H2,1-2H3,(H2,23,24,26). The van der Waals surface area contributed by atoms with Crippen LogP contribution < -0.4 is 10.6 Å². The molecule has 0 radical (unpaired) electrons. The molecule has 4 heteroatoms. The van der Waals surface area contributed by atoms with Crippen molar-refractivity contribution in [2.45, 2.75) is 45.6 Å². The van der Waals surface area contributed by atoms with E-state index in [2.05, 4.69) is 77.9 Å². The van der Waals surface area contributed by atoms with Gasteiger partial charge in [0.15, 0.2) is 5.11 Å². The summed E-state index contributed by atoms with van der Waals surface area (Å²) < 4.78 is 0. The van der Waals surface area contributed by atoms with Crippen LogP contribution in [0.4, 0.5) is 11.4 Å². The highest BCUT2D eigenvalue weighted by molar-refractivity contribution is 7.80. The van der Waals surface area contributed by atoms with Crippen molar-refractivity contribution in [3.8, 4) is 0 Å². The normalized spacial score (nSPS) is 15.0. The van der Waals surface area contributed by atoms with Gasteiger partial charge in [0.2, 0.25) is 0 Å². The zero-order valence-corrected chi connectivity index (χ0v) is 16.6. The van der Waals surface area contributed by atoms with Crippen LogP contribution in [0.3, 0.4) is 0 Å². The molecule has 1 fully saturated rings. The van der Waals surface area contributed by atoms with Crippen LogP contribution in [0.1, 0.15) is 50.2 Å². The summed E-state index contributed by atoms with van der Waals surface area (Å²) in [6.45, 7) is 7.89. The van der Waals surface area contributed by atoms with Crippen molar-refractivity contribution >= 4 is 28.7 Å². The van der Waals surface area contributed by atoms with E-state index in [9.17, 15) is 0 Å². The van der Waals surface area contributed by atoms with Gasteiger partial charge in [0.1, 0.15) is 0 Å². The van der Waals surface area contributed by atoms with Gasteiger partial charge in [-0.05, 0) is 79.5 Å². The summed E-state index contributed by atoms with van der Waals surface area (Å²) in [4.78, 5) is 2.54. The SMILES string of the molecule is CC(C)c1ccc(NC(=S)Nc2ccc(CN3CCCCC3)cc2)cc1. The van der Waals surface area contributed by atoms with Gasteiger partial charge in [-0.3, -0.25) is 4.90 Å². The molecule has 2 aromatic carbocycles. The van der Waals surface area contributed by atoms with Gasteiger partial charge in [0.25, 0.3) is 0 Å². The lowest BCUT2D eigenvalue weighted by Crippen LogP contribution is -2.29. The molecule has 1 heterocycles. The molecule has 0 spiro atoms. The molecule has 26 heavy (non-hydrogen) atoms. The number of hydrogen-bond donors (Lipinski definition) is 2. The number of thiocarbonyl (C=S) groups is 1. The first kappa shape index (κ1) is 18.9. The Morgan fingerprint density at radius 2 is 1.42 bits per heavy atom. The Morgan fingerprint density at radius 1 is 0.885 bits per heavy atom. The highest BCUT2D eigenvalue weighted by Crippen LogP contribution is 2.18. The summed E-state index contributed by atoms with van der Waals surface area (Å²) in [5, 5.41) is 7.13. The highest BCUT2D eigenvalue weighted by atomic mass is 32.1. The molecule has 0 aliphatic carbocycles. The maximum atomic E-state index is 5.44. The largest absolute Gasteiger partial charge is 0.332 e. The first-order chi connectivity index (χ1) is 12.6. The molecule has 3 rings (SSSR count). The number of nitrogens with zero attached hydrogens (tertiary/aromatic N) is 1. The summed E-state index contributed by atoms with van der Waals surface area (Å²) in [5.74, 6) is 0.539. The summed E-state index contributed by atoms with van der Waals surface area (Å²) in [5.41, 5.74) is 4.72. The Morgan fingerprint density at radius 3 is 1.96 bits per heavy atom. The third-order valence-corrected chi connectivity index (χ3v) is 5.11. The molecule has 2 N–H and O–H groups in total. The molecule has 0 saturated carbocycles. The Labute approximate surface area is 162 Å². The van der Waals surface area contributed by atoms with Gasteiger partial charge in [-0.25, -0.2) is 0 Å². The van der Waals surface area contributed by atoms with E-state index in [1.807, 2.05) is 0 Å². The summed E-state index contributed by atoms with van der Waals surface area (Å²) in [6.07, 6.45) is 4.04. The quantitative estimate of drug-likeness (QED) is 0.672. The molecule has 138 valence electrons. The second kappa shape index (κ2) is 9.15. The zero-order valence-electron chi connectivity index (χ0n) is 15.8. The van der Waals surface area contributed by atoms with Crippen LogP contribution in [-0.2, 0) is 6.54 Å². The Hall–Kier alpha value is -1.91. The van der Waals surface area contributed by atoms with Crippen molar-refractivity contribution < 1.29 is 0 Å². The predicted octanol–water partition coefficient (Wildman–Crippen LogP) is 5.60. The van der Waals surface area contributed by atoms with Crippen LogP contribution in [0.25, 0.3) is 0 Å². The first-order valence-electron chi connectivity index (χ1n) is 9.59. The molecule has 2 aromatic rings. The fourth-order valence-corrected chi connectivity index (χ4v) is 3.55. The predicted molar refractivity (Wildman–Crippen MR) is 116 cm³/mol. The van der Waals surface area contributed by atoms with Gasteiger partial charge in [0.05, 0.1) is 0 Å². The van der Waals surface area contributed by atoms with Crippen LogP contribution >= 0.6 is 12.2 Å². The zero-order chi connectivity index (χ0) is 18.4. The maximum absolute atomic E-state index is 5.44. The molecule has 0 unspecified atom stereocenters. The minimum absolute atomic E-state index is 0.539. The molecule has 0 amide bonds. The van der Waals surface area contributed by atoms with E-state index in [-0.39, 0.29) is 0 Å². The number of benzene rings is 2. The van der Waals surface area contributed by atoms with Crippen molar-refractivity contribution in [3.05, 3.63) is 59.7 Å². The average Bonchev–Trinajstić information content (AvgIpc) is 2.64. The third kappa shape index (κ3) is 5.55. The molecule has 0 atom stereocenters. The average molecular weight is 368 g/mol. The van der Waals surface area contributed by atoms with Crippen molar-refractivity contribution in [2.24, 2.45) is 0 Å². The van der Waals surface area contributed by atoms with E-state index in [4.69, 9.17) is 12.2 Å². The van der Waals surface area contributed by atoms with Crippen molar-refractivity contribution in [2.75, 3.05) is 23.7 Å². The summed E-state index contributed by atoms with van der Waals surface area (Å²) in [6, 6.07) is 17.0. The van der Waals surface area contributed by atoms with Crippen LogP contribution in [0, 0.1) is 0 Å². The minimum Gasteiger partial charge on any atom is -0.332 e. The number of hydrogen-bond acceptors (Lipinski definition) is 2. The highest BCUT2D eigenvalue weighted by Gasteiger charge is 2.10. The van der Waals surface area contributed by atoms with E-state index in [1.165, 1.54) is 43.5 Å². The Bertz CT molecular complexity index is 701. The second-order valence-corrected chi connectivity index (χ2v) is 7.80. The van der Waals surface area contributed by atoms with Gasteiger partial charge in [-0.15, -0.1) is 0 Å². The van der Waals surface area contributed by atoms with E-state index >= 15 is 0 Å². The maximum Gasteiger partial charge on any atom is 0.175 e. The molecule has 1 saturated heterocycles. The van der Waals surface area contributed by atoms with Crippen molar-refractivity contribution in [3.63, 3.8) is 0 Å². The molecule has 1 aliphatic heterocycles. The molecule has 0 aromatic heterocycles. The number of piperidine rings is 1. The first-order valence-corrected chi connectivity index (χ1v) is 10.0. The molecule has 3 nitrogen and oxygen atoms in total. The lowest BCUT2D eigenvalue weighted by Gasteiger charge is -2.26. The lowest BCUT2D eigenvalue weighted by atomic mass is 10.0. The lowest BCUT2D eigenvalue weighted by molar-refractivity contribution is 0.221. The fourth-order valence-electron chi connectivity index (χ4n) is 3.31. The van der Waals surface area contributed by atoms with E-state index in [1.54, 1.807) is 0 Å². The van der Waals surface area contributed by atoms with Crippen LogP contribution in [0.15, 0.2) is 48.5 Å². The Balaban J connectivity index is 1.50. The Kier molecular flexibility index (Phi) is 6.64. The van der Waals surface area contributed by atoms with E-state index in [0.717, 1.165) is 17.9 Å². The number of rotatable bonds is 5. The number of likely N-dealkylation sites (tertiary alicyclic amines) is 1. The van der Waals surface area contributed by atoms with Crippen LogP contribution in [0.2, 0.25) is 0 Å². The molecule has 0 bridgehead atoms. The second-order valence-electron chi connectivity index (χ2n) is 7.39. The minimum atomic E-state index is 0.539. The molecular weight excluding hydrogens is 338 g/mol. The van der Waals surface area contributed by atoms with Gasteiger partial charge in [-0.2, -0.15) is 0 Å². The van der Waals surface area contributed by atoms with Crippen molar-refractivity contribution in [1.29, 1.82) is 0 Å². The molecular formula is C22H29N3S. The summed E-state index contributed by atoms with van der Waals surface area (Å²) in [7, 11) is 0. The van der Waals surface area contributed by atoms with Gasteiger partial charge in [-0.1, -0.05) is 44.5 Å².